The number of rotatable bonds is 11. The molecule has 21 aromatic carbocycles. The van der Waals surface area contributed by atoms with E-state index in [4.69, 9.17) is 29.9 Å². The van der Waals surface area contributed by atoms with Crippen molar-refractivity contribution in [1.29, 1.82) is 0 Å². The summed E-state index contributed by atoms with van der Waals surface area (Å²) in [6.07, 6.45) is 0. The molecule has 0 bridgehead atoms. The van der Waals surface area contributed by atoms with Gasteiger partial charge in [-0.05, 0) is 114 Å². The Morgan fingerprint density at radius 3 is 0.596 bits per heavy atom. The molecule has 0 fully saturated rings. The van der Waals surface area contributed by atoms with Gasteiger partial charge in [-0.2, -0.15) is 19.9 Å². The molecule has 0 aliphatic heterocycles. The van der Waals surface area contributed by atoms with Gasteiger partial charge in [-0.25, -0.2) is 9.97 Å². The highest BCUT2D eigenvalue weighted by atomic mass is 15.2. The average Bonchev–Trinajstić information content (AvgIpc) is 1.55. The van der Waals surface area contributed by atoms with Gasteiger partial charge in [-0.15, -0.1) is 0 Å². The SMILES string of the molecule is c1ccc(-c2nc(-c3ccccc3)nc(-n3c4ccccc4c4c5ccccc5c5c6ccccc6n(-c6ccccc6)c5c43)n2)cc1.c1ccc(-c2nc(-c3ccccc3)nc(-n3c4ccccc4c4ccc5c(ccc6c7ccccc7n(-c7ccccc7)c65)c43)n2)cc1.c1ccc2c(c1)c1ccccc1n2-c1cc(-n2c3ccccc3c3ccccc32)cc(-n2c3ccccc3c3ccccc32)c1. The molecule has 0 saturated heterocycles. The van der Waals surface area contributed by atoms with Gasteiger partial charge in [-0.3, -0.25) is 9.13 Å². The van der Waals surface area contributed by atoms with Crippen molar-refractivity contribution in [3.63, 3.8) is 0 Å². The van der Waals surface area contributed by atoms with Crippen LogP contribution in [0.2, 0.25) is 0 Å². The Kier molecular flexibility index (Phi) is 18.7. The van der Waals surface area contributed by atoms with E-state index in [1.54, 1.807) is 0 Å². The van der Waals surface area contributed by atoms with Crippen molar-refractivity contribution >= 4 is 174 Å². The number of hydrogen-bond acceptors (Lipinski definition) is 6. The van der Waals surface area contributed by atoms with E-state index in [1.807, 2.05) is 97.1 Å². The van der Waals surface area contributed by atoms with Crippen LogP contribution in [-0.2, 0) is 0 Å². The normalized spacial score (nSPS) is 11.8. The number of para-hydroxylation sites is 12. The van der Waals surface area contributed by atoms with E-state index in [-0.39, 0.29) is 0 Å². The molecule has 658 valence electrons. The fraction of sp³-hybridized carbons (Fsp3) is 0. The molecular weight excluding hydrogens is 1720 g/mol. The molecule has 13 nitrogen and oxygen atoms in total. The van der Waals surface area contributed by atoms with Crippen LogP contribution in [0.3, 0.4) is 0 Å². The zero-order valence-corrected chi connectivity index (χ0v) is 76.1. The summed E-state index contributed by atoms with van der Waals surface area (Å²) in [6, 6.07) is 174. The molecule has 0 aliphatic rings. The van der Waals surface area contributed by atoms with Gasteiger partial charge in [0.25, 0.3) is 0 Å². The summed E-state index contributed by atoms with van der Waals surface area (Å²) in [5, 5.41) is 21.8. The van der Waals surface area contributed by atoms with Crippen molar-refractivity contribution in [2.24, 2.45) is 0 Å². The second-order valence-electron chi connectivity index (χ2n) is 35.9. The summed E-state index contributed by atoms with van der Waals surface area (Å²) in [5.41, 5.74) is 25.5. The first-order valence-corrected chi connectivity index (χ1v) is 47.7. The minimum atomic E-state index is 0.579. The smallest absolute Gasteiger partial charge is 0.238 e. The van der Waals surface area contributed by atoms with E-state index in [9.17, 15) is 0 Å². The Morgan fingerprint density at radius 2 is 0.305 bits per heavy atom. The topological polar surface area (TPSA) is 112 Å². The molecule has 0 atom stereocenters. The molecule has 0 unspecified atom stereocenters. The lowest BCUT2D eigenvalue weighted by molar-refractivity contribution is 0.953. The minimum absolute atomic E-state index is 0.579. The van der Waals surface area contributed by atoms with E-state index in [2.05, 4.69) is 426 Å². The minimum Gasteiger partial charge on any atom is -0.309 e. The van der Waals surface area contributed by atoms with E-state index in [0.717, 1.165) is 105 Å². The van der Waals surface area contributed by atoms with Crippen LogP contribution in [0.5, 0.6) is 0 Å². The first-order valence-electron chi connectivity index (χ1n) is 47.7. The molecule has 0 N–H and O–H groups in total. The first kappa shape index (κ1) is 80.2. The summed E-state index contributed by atoms with van der Waals surface area (Å²) >= 11 is 0. The van der Waals surface area contributed by atoms with Crippen LogP contribution < -0.4 is 0 Å². The monoisotopic (exact) mass is 1800 g/mol. The van der Waals surface area contributed by atoms with Gasteiger partial charge in [0.05, 0.1) is 94.3 Å². The zero-order valence-electron chi connectivity index (χ0n) is 76.1. The molecule has 30 rings (SSSR count). The van der Waals surface area contributed by atoms with Crippen molar-refractivity contribution in [3.8, 4) is 85.9 Å². The third-order valence-corrected chi connectivity index (χ3v) is 28.1. The second kappa shape index (κ2) is 32.8. The molecular formula is C128H81N13. The van der Waals surface area contributed by atoms with Crippen molar-refractivity contribution in [1.82, 2.24) is 61.9 Å². The van der Waals surface area contributed by atoms with Gasteiger partial charge < -0.3 is 22.8 Å². The quantitative estimate of drug-likeness (QED) is 0.128. The highest BCUT2D eigenvalue weighted by Gasteiger charge is 2.30. The van der Waals surface area contributed by atoms with Crippen LogP contribution in [0.1, 0.15) is 0 Å². The first-order chi connectivity index (χ1) is 70.0. The lowest BCUT2D eigenvalue weighted by atomic mass is 9.98. The van der Waals surface area contributed by atoms with Crippen LogP contribution in [0.15, 0.2) is 491 Å². The summed E-state index contributed by atoms with van der Waals surface area (Å²) in [6.45, 7) is 0. The van der Waals surface area contributed by atoms with Crippen LogP contribution in [-0.4, -0.2) is 61.9 Å². The van der Waals surface area contributed by atoms with E-state index < -0.39 is 0 Å². The summed E-state index contributed by atoms with van der Waals surface area (Å²) in [7, 11) is 0. The zero-order chi connectivity index (χ0) is 92.7. The molecule has 9 heterocycles. The maximum Gasteiger partial charge on any atom is 0.238 e. The molecule has 13 heteroatoms. The van der Waals surface area contributed by atoms with E-state index in [1.165, 1.54) is 120 Å². The van der Waals surface area contributed by atoms with Crippen LogP contribution in [0.4, 0.5) is 0 Å². The molecule has 141 heavy (non-hydrogen) atoms. The van der Waals surface area contributed by atoms with Crippen molar-refractivity contribution < 1.29 is 0 Å². The predicted molar refractivity (Wildman–Crippen MR) is 583 cm³/mol. The Bertz CT molecular complexity index is 9670. The van der Waals surface area contributed by atoms with E-state index in [0.29, 0.717) is 35.2 Å². The number of hydrogen-bond donors (Lipinski definition) is 0. The maximum atomic E-state index is 5.25. The third-order valence-electron chi connectivity index (χ3n) is 28.1. The van der Waals surface area contributed by atoms with Gasteiger partial charge in [0.15, 0.2) is 23.3 Å². The highest BCUT2D eigenvalue weighted by molar-refractivity contribution is 6.37. The maximum absolute atomic E-state index is 5.25. The summed E-state index contributed by atoms with van der Waals surface area (Å²) in [5.74, 6) is 3.70. The molecule has 30 aromatic rings. The molecule has 0 aliphatic carbocycles. The Labute approximate surface area is 807 Å². The molecule has 0 spiro atoms. The largest absolute Gasteiger partial charge is 0.309 e. The highest BCUT2D eigenvalue weighted by Crippen LogP contribution is 2.49. The van der Waals surface area contributed by atoms with Gasteiger partial charge >= 0.3 is 0 Å². The van der Waals surface area contributed by atoms with Crippen LogP contribution in [0.25, 0.3) is 260 Å². The predicted octanol–water partition coefficient (Wildman–Crippen LogP) is 32.1. The molecule has 0 radical (unpaired) electrons. The molecule has 9 aromatic heterocycles. The van der Waals surface area contributed by atoms with E-state index >= 15 is 0 Å². The lowest BCUT2D eigenvalue weighted by Crippen LogP contribution is -2.07. The Hall–Kier alpha value is -19.2. The fourth-order valence-electron chi connectivity index (χ4n) is 22.2. The standard InChI is InChI=1S/2C43H27N5.C42H27N3/c1-4-14-28(15-5-1)41-44-42(29-16-6-2-7-17-29)46-43(45-41)48-38-23-13-11-21-32(38)34-25-26-35-36(40(34)48)27-24-33-31-20-10-12-22-37(31)47(39(33)35)30-18-8-3-9-19-30;1-4-16-28(17-5-1)41-44-42(29-18-6-2-7-19-29)46-43(45-41)48-36-27-15-13-25-34(36)38-32-23-11-10-22-31(32)37-33-24-12-14-26-35(33)47(39(37)40(38)48)30-20-8-3-9-21-30;1-7-19-37-31(13-1)32-14-2-8-20-38(32)43(37)28-25-29(44-39-21-9-3-15-33(39)34-16-4-10-22-40(34)44)27-30(26-28)45-41-23-11-5-17-35(41)36-18-6-12-24-42(36)45/h2*1-27H;1-27H. The number of aromatic nitrogens is 13. The van der Waals surface area contributed by atoms with Gasteiger partial charge in [-0.1, -0.05) is 388 Å². The third kappa shape index (κ3) is 12.9. The molecule has 0 saturated carbocycles. The van der Waals surface area contributed by atoms with Crippen molar-refractivity contribution in [3.05, 3.63) is 491 Å². The van der Waals surface area contributed by atoms with Crippen LogP contribution >= 0.6 is 0 Å². The average molecular weight is 1800 g/mol. The lowest BCUT2D eigenvalue weighted by Gasteiger charge is -2.17. The second-order valence-corrected chi connectivity index (χ2v) is 35.9. The summed E-state index contributed by atoms with van der Waals surface area (Å²) in [4.78, 5) is 30.8. The molecule has 0 amide bonds. The Balaban J connectivity index is 0.000000104. The number of fused-ring (bicyclic) bond motifs is 28. The van der Waals surface area contributed by atoms with Gasteiger partial charge in [0, 0.05) is 120 Å². The van der Waals surface area contributed by atoms with Crippen molar-refractivity contribution in [2.45, 2.75) is 0 Å². The number of nitrogens with zero attached hydrogens (tertiary/aromatic N) is 13. The number of benzene rings is 21. The summed E-state index contributed by atoms with van der Waals surface area (Å²) < 4.78 is 16.6. The Morgan fingerprint density at radius 1 is 0.121 bits per heavy atom. The van der Waals surface area contributed by atoms with Gasteiger partial charge in [0.2, 0.25) is 11.9 Å². The fourth-order valence-corrected chi connectivity index (χ4v) is 22.2. The van der Waals surface area contributed by atoms with Crippen molar-refractivity contribution in [2.75, 3.05) is 0 Å². The van der Waals surface area contributed by atoms with Gasteiger partial charge in [0.1, 0.15) is 0 Å². The van der Waals surface area contributed by atoms with Crippen LogP contribution in [0, 0.1) is 0 Å².